The summed E-state index contributed by atoms with van der Waals surface area (Å²) in [7, 11) is 0. The normalized spacial score (nSPS) is 10.5. The van der Waals surface area contributed by atoms with Gasteiger partial charge in [0.2, 0.25) is 5.91 Å². The lowest BCUT2D eigenvalue weighted by Crippen LogP contribution is -2.12. The fourth-order valence-corrected chi connectivity index (χ4v) is 2.58. The van der Waals surface area contributed by atoms with Gasteiger partial charge in [-0.15, -0.1) is 0 Å². The molecule has 0 bridgehead atoms. The third-order valence-electron chi connectivity index (χ3n) is 4.03. The second-order valence-corrected chi connectivity index (χ2v) is 6.18. The molecule has 3 aromatic carbocycles. The minimum atomic E-state index is -0.470. The van der Waals surface area contributed by atoms with Crippen LogP contribution in [0.2, 0.25) is 0 Å². The lowest BCUT2D eigenvalue weighted by Gasteiger charge is -2.12. The molecule has 1 amide bonds. The number of benzene rings is 3. The molecule has 0 heterocycles. The summed E-state index contributed by atoms with van der Waals surface area (Å²) in [5, 5.41) is 13.5. The molecule has 30 heavy (non-hydrogen) atoms. The van der Waals surface area contributed by atoms with Gasteiger partial charge in [0, 0.05) is 18.2 Å². The summed E-state index contributed by atoms with van der Waals surface area (Å²) >= 11 is 0. The van der Waals surface area contributed by atoms with Crippen LogP contribution in [-0.4, -0.2) is 24.0 Å². The van der Waals surface area contributed by atoms with Crippen molar-refractivity contribution in [1.29, 1.82) is 0 Å². The number of hydrogen-bond donors (Lipinski definition) is 1. The third kappa shape index (κ3) is 6.20. The first-order chi connectivity index (χ1) is 14.6. The highest BCUT2D eigenvalue weighted by Gasteiger charge is 2.06. The molecule has 0 radical (unpaired) electrons. The van der Waals surface area contributed by atoms with Crippen LogP contribution in [0.4, 0.5) is 11.4 Å². The van der Waals surface area contributed by atoms with Crippen molar-refractivity contribution in [2.24, 2.45) is 0 Å². The van der Waals surface area contributed by atoms with Gasteiger partial charge in [0.05, 0.1) is 10.6 Å². The molecular formula is C23H20N2O5. The Labute approximate surface area is 173 Å². The van der Waals surface area contributed by atoms with Crippen LogP contribution in [0.1, 0.15) is 5.56 Å². The van der Waals surface area contributed by atoms with Gasteiger partial charge >= 0.3 is 0 Å². The second kappa shape index (κ2) is 10.4. The molecule has 0 saturated heterocycles. The van der Waals surface area contributed by atoms with E-state index in [0.717, 1.165) is 5.75 Å². The fraction of sp³-hybridized carbons (Fsp3) is 0.0870. The molecule has 3 aromatic rings. The van der Waals surface area contributed by atoms with Gasteiger partial charge in [-0.1, -0.05) is 30.3 Å². The average Bonchev–Trinajstić information content (AvgIpc) is 2.77. The van der Waals surface area contributed by atoms with E-state index in [1.54, 1.807) is 36.4 Å². The van der Waals surface area contributed by atoms with Gasteiger partial charge in [0.25, 0.3) is 5.69 Å². The number of carbonyl (C=O) groups excluding carboxylic acids is 1. The van der Waals surface area contributed by atoms with Gasteiger partial charge in [0.15, 0.2) is 0 Å². The number of rotatable bonds is 9. The standard InChI is InChI=1S/C23H20N2O5/c26-23(15-12-18-10-13-19(14-11-18)25(27)28)24-21-8-4-5-9-22(21)30-17-16-29-20-6-2-1-3-7-20/h1-15H,16-17H2,(H,24,26)/b15-12+. The molecule has 1 N–H and O–H groups in total. The van der Waals surface area contributed by atoms with Crippen molar-refractivity contribution >= 4 is 23.4 Å². The van der Waals surface area contributed by atoms with Crippen LogP contribution in [-0.2, 0) is 4.79 Å². The van der Waals surface area contributed by atoms with Gasteiger partial charge in [-0.2, -0.15) is 0 Å². The predicted octanol–water partition coefficient (Wildman–Crippen LogP) is 4.70. The highest BCUT2D eigenvalue weighted by atomic mass is 16.6. The van der Waals surface area contributed by atoms with Crippen LogP contribution in [0, 0.1) is 10.1 Å². The van der Waals surface area contributed by atoms with Crippen molar-refractivity contribution in [3.8, 4) is 11.5 Å². The number of nitro groups is 1. The molecule has 0 atom stereocenters. The Morgan fingerprint density at radius 1 is 0.900 bits per heavy atom. The van der Waals surface area contributed by atoms with Gasteiger partial charge in [0.1, 0.15) is 24.7 Å². The topological polar surface area (TPSA) is 90.7 Å². The average molecular weight is 404 g/mol. The zero-order valence-electron chi connectivity index (χ0n) is 16.1. The van der Waals surface area contributed by atoms with Crippen LogP contribution < -0.4 is 14.8 Å². The number of carbonyl (C=O) groups is 1. The van der Waals surface area contributed by atoms with Crippen molar-refractivity contribution in [3.05, 3.63) is 101 Å². The van der Waals surface area contributed by atoms with Crippen molar-refractivity contribution in [2.45, 2.75) is 0 Å². The van der Waals surface area contributed by atoms with E-state index in [1.807, 2.05) is 36.4 Å². The number of nitrogens with one attached hydrogen (secondary N) is 1. The van der Waals surface area contributed by atoms with E-state index >= 15 is 0 Å². The van der Waals surface area contributed by atoms with Crippen molar-refractivity contribution in [3.63, 3.8) is 0 Å². The van der Waals surface area contributed by atoms with E-state index in [-0.39, 0.29) is 11.6 Å². The zero-order chi connectivity index (χ0) is 21.2. The molecule has 152 valence electrons. The Bertz CT molecular complexity index is 1020. The summed E-state index contributed by atoms with van der Waals surface area (Å²) in [5.74, 6) is 0.954. The minimum absolute atomic E-state index is 0.000999. The number of ether oxygens (including phenoxy) is 2. The summed E-state index contributed by atoms with van der Waals surface area (Å²) in [4.78, 5) is 22.5. The Balaban J connectivity index is 1.53. The maximum Gasteiger partial charge on any atom is 0.269 e. The monoisotopic (exact) mass is 404 g/mol. The van der Waals surface area contributed by atoms with E-state index in [0.29, 0.717) is 30.2 Å². The molecule has 7 nitrogen and oxygen atoms in total. The number of amides is 1. The molecule has 0 saturated carbocycles. The fourth-order valence-electron chi connectivity index (χ4n) is 2.58. The van der Waals surface area contributed by atoms with Crippen molar-refractivity contribution in [1.82, 2.24) is 0 Å². The van der Waals surface area contributed by atoms with Gasteiger partial charge in [-0.05, 0) is 48.0 Å². The summed E-state index contributed by atoms with van der Waals surface area (Å²) < 4.78 is 11.3. The zero-order valence-corrected chi connectivity index (χ0v) is 16.1. The molecule has 7 heteroatoms. The van der Waals surface area contributed by atoms with Crippen molar-refractivity contribution in [2.75, 3.05) is 18.5 Å². The van der Waals surface area contributed by atoms with E-state index in [9.17, 15) is 14.9 Å². The smallest absolute Gasteiger partial charge is 0.269 e. The molecule has 0 unspecified atom stereocenters. The Hall–Kier alpha value is -4.13. The first kappa shape index (κ1) is 20.6. The molecule has 3 rings (SSSR count). The molecule has 0 aliphatic heterocycles. The molecule has 0 aromatic heterocycles. The first-order valence-corrected chi connectivity index (χ1v) is 9.25. The van der Waals surface area contributed by atoms with Crippen LogP contribution in [0.15, 0.2) is 84.9 Å². The van der Waals surface area contributed by atoms with Crippen LogP contribution in [0.3, 0.4) is 0 Å². The van der Waals surface area contributed by atoms with Gasteiger partial charge < -0.3 is 14.8 Å². The molecule has 0 fully saturated rings. The van der Waals surface area contributed by atoms with Gasteiger partial charge in [-0.25, -0.2) is 0 Å². The summed E-state index contributed by atoms with van der Waals surface area (Å²) in [6.45, 7) is 0.687. The maximum absolute atomic E-state index is 12.2. The maximum atomic E-state index is 12.2. The number of nitrogens with zero attached hydrogens (tertiary/aromatic N) is 1. The summed E-state index contributed by atoms with van der Waals surface area (Å²) in [6, 6.07) is 22.5. The minimum Gasteiger partial charge on any atom is -0.490 e. The molecular weight excluding hydrogens is 384 g/mol. The SMILES string of the molecule is O=C(/C=C/c1ccc([N+](=O)[O-])cc1)Nc1ccccc1OCCOc1ccccc1. The number of nitro benzene ring substituents is 1. The van der Waals surface area contributed by atoms with Crippen LogP contribution in [0.5, 0.6) is 11.5 Å². The Morgan fingerprint density at radius 2 is 1.57 bits per heavy atom. The lowest BCUT2D eigenvalue weighted by molar-refractivity contribution is -0.384. The molecule has 0 spiro atoms. The highest BCUT2D eigenvalue weighted by Crippen LogP contribution is 2.24. The third-order valence-corrected chi connectivity index (χ3v) is 4.03. The number of non-ortho nitro benzene ring substituents is 1. The molecule has 0 aliphatic rings. The Kier molecular flexibility index (Phi) is 7.16. The van der Waals surface area contributed by atoms with Crippen LogP contribution >= 0.6 is 0 Å². The summed E-state index contributed by atoms with van der Waals surface area (Å²) in [5.41, 5.74) is 1.22. The van der Waals surface area contributed by atoms with Crippen molar-refractivity contribution < 1.29 is 19.2 Å². The quantitative estimate of drug-likeness (QED) is 0.241. The predicted molar refractivity (Wildman–Crippen MR) is 115 cm³/mol. The van der Waals surface area contributed by atoms with E-state index in [1.165, 1.54) is 18.2 Å². The number of para-hydroxylation sites is 3. The summed E-state index contributed by atoms with van der Waals surface area (Å²) in [6.07, 6.45) is 2.94. The number of hydrogen-bond acceptors (Lipinski definition) is 5. The van der Waals surface area contributed by atoms with E-state index in [2.05, 4.69) is 5.32 Å². The Morgan fingerprint density at radius 3 is 2.30 bits per heavy atom. The van der Waals surface area contributed by atoms with Gasteiger partial charge in [-0.3, -0.25) is 14.9 Å². The van der Waals surface area contributed by atoms with E-state index in [4.69, 9.17) is 9.47 Å². The first-order valence-electron chi connectivity index (χ1n) is 9.25. The van der Waals surface area contributed by atoms with E-state index < -0.39 is 4.92 Å². The second-order valence-electron chi connectivity index (χ2n) is 6.18. The van der Waals surface area contributed by atoms with Crippen LogP contribution in [0.25, 0.3) is 6.08 Å². The highest BCUT2D eigenvalue weighted by molar-refractivity contribution is 6.02. The lowest BCUT2D eigenvalue weighted by atomic mass is 10.2. The largest absolute Gasteiger partial charge is 0.490 e. The number of anilines is 1. The molecule has 0 aliphatic carbocycles.